The second-order valence-electron chi connectivity index (χ2n) is 12.6. The number of aromatic nitrogens is 1. The van der Waals surface area contributed by atoms with Gasteiger partial charge in [0, 0.05) is 65.2 Å². The third kappa shape index (κ3) is 8.11. The summed E-state index contributed by atoms with van der Waals surface area (Å²) in [6, 6.07) is 2.37. The van der Waals surface area contributed by atoms with Crippen LogP contribution in [0.2, 0.25) is 25.7 Å². The van der Waals surface area contributed by atoms with Gasteiger partial charge in [-0.25, -0.2) is 18.6 Å². The molecule has 1 fully saturated rings. The number of amides is 2. The van der Waals surface area contributed by atoms with Crippen LogP contribution in [0, 0.1) is 11.6 Å². The monoisotopic (exact) mass is 655 g/mol. The maximum Gasteiger partial charge on any atom is 0.417 e. The molecule has 0 bridgehead atoms. The molecule has 15 heteroatoms. The van der Waals surface area contributed by atoms with E-state index in [1.54, 1.807) is 4.90 Å². The van der Waals surface area contributed by atoms with Crippen molar-refractivity contribution in [3.05, 3.63) is 52.7 Å². The summed E-state index contributed by atoms with van der Waals surface area (Å²) in [5, 5.41) is 11.6. The fraction of sp³-hybridized carbons (Fsp3) is 0.500. The minimum atomic E-state index is -4.96. The molecule has 9 nitrogen and oxygen atoms in total. The third-order valence-electron chi connectivity index (χ3n) is 8.07. The van der Waals surface area contributed by atoms with E-state index in [1.807, 2.05) is 18.9 Å². The molecule has 2 aromatic rings. The number of alkyl halides is 3. The number of pyridine rings is 1. The summed E-state index contributed by atoms with van der Waals surface area (Å²) in [6.07, 6.45) is -4.02. The molecule has 45 heavy (non-hydrogen) atoms. The largest absolute Gasteiger partial charge is 0.478 e. The first kappa shape index (κ1) is 34.2. The standard InChI is InChI=1S/C30H38F5N5O4Si/c1-18-17-40(11-10-38(18)2)23-15-22(31)25(19-6-8-39(9-7-19)29(42)43)26(32)27(23)37-28(41)20-16-36-24(14-21(20)30(33,34)35)44-12-13-45(3,4)5/h6,14-16,18H,7-13,17H2,1-5H3,(H,37,41)(H,42,43)/t18-/m1/s1. The molecule has 0 saturated carbocycles. The van der Waals surface area contributed by atoms with Gasteiger partial charge < -0.3 is 29.9 Å². The molecule has 2 aliphatic rings. The van der Waals surface area contributed by atoms with Gasteiger partial charge in [-0.15, -0.1) is 0 Å². The maximum absolute atomic E-state index is 16.4. The highest BCUT2D eigenvalue weighted by Crippen LogP contribution is 2.40. The lowest BCUT2D eigenvalue weighted by Gasteiger charge is -2.40. The van der Waals surface area contributed by atoms with Crippen LogP contribution in [0.25, 0.3) is 5.57 Å². The zero-order chi connectivity index (χ0) is 33.3. The summed E-state index contributed by atoms with van der Waals surface area (Å²) in [5.74, 6) is -3.66. The summed E-state index contributed by atoms with van der Waals surface area (Å²) < 4.78 is 80.0. The number of carbonyl (C=O) groups excluding carboxylic acids is 1. The predicted molar refractivity (Wildman–Crippen MR) is 164 cm³/mol. The highest BCUT2D eigenvalue weighted by molar-refractivity contribution is 6.76. The molecule has 1 atom stereocenters. The Kier molecular flexibility index (Phi) is 10.1. The number of nitrogens with one attached hydrogen (secondary N) is 1. The van der Waals surface area contributed by atoms with Gasteiger partial charge >= 0.3 is 12.3 Å². The van der Waals surface area contributed by atoms with Crippen molar-refractivity contribution < 1.29 is 41.4 Å². The lowest BCUT2D eigenvalue weighted by atomic mass is 9.96. The lowest BCUT2D eigenvalue weighted by Crippen LogP contribution is -2.50. The second kappa shape index (κ2) is 13.3. The van der Waals surface area contributed by atoms with E-state index in [1.165, 1.54) is 6.08 Å². The number of hydrogen-bond donors (Lipinski definition) is 2. The first-order chi connectivity index (χ1) is 21.0. The Bertz CT molecular complexity index is 1480. The first-order valence-corrected chi connectivity index (χ1v) is 18.3. The van der Waals surface area contributed by atoms with Crippen molar-refractivity contribution in [2.24, 2.45) is 0 Å². The summed E-state index contributed by atoms with van der Waals surface area (Å²) in [7, 11) is 0.361. The molecule has 2 aliphatic heterocycles. The van der Waals surface area contributed by atoms with Crippen LogP contribution in [0.5, 0.6) is 5.88 Å². The number of nitrogens with zero attached hydrogens (tertiary/aromatic N) is 4. The Labute approximate surface area is 259 Å². The number of hydrogen-bond acceptors (Lipinski definition) is 6. The van der Waals surface area contributed by atoms with E-state index in [2.05, 4.69) is 29.9 Å². The van der Waals surface area contributed by atoms with Crippen LogP contribution in [0.3, 0.4) is 0 Å². The van der Waals surface area contributed by atoms with Crippen LogP contribution in [-0.2, 0) is 6.18 Å². The normalized spacial score (nSPS) is 18.1. The molecule has 2 N–H and O–H groups in total. The van der Waals surface area contributed by atoms with E-state index < -0.39 is 60.3 Å². The molecule has 1 aromatic carbocycles. The van der Waals surface area contributed by atoms with Crippen LogP contribution in [-0.4, -0.2) is 92.4 Å². The van der Waals surface area contributed by atoms with Crippen LogP contribution in [0.1, 0.15) is 34.8 Å². The van der Waals surface area contributed by atoms with E-state index >= 15 is 8.78 Å². The average molecular weight is 656 g/mol. The summed E-state index contributed by atoms with van der Waals surface area (Å²) >= 11 is 0. The van der Waals surface area contributed by atoms with Gasteiger partial charge in [0.15, 0.2) is 5.82 Å². The number of carboxylic acid groups (broad SMARTS) is 1. The van der Waals surface area contributed by atoms with Gasteiger partial charge in [0.1, 0.15) is 11.5 Å². The van der Waals surface area contributed by atoms with Crippen molar-refractivity contribution in [2.45, 2.75) is 51.2 Å². The number of anilines is 2. The first-order valence-electron chi connectivity index (χ1n) is 14.6. The zero-order valence-electron chi connectivity index (χ0n) is 25.9. The average Bonchev–Trinajstić information content (AvgIpc) is 2.95. The molecule has 0 aliphatic carbocycles. The van der Waals surface area contributed by atoms with Gasteiger partial charge in [-0.1, -0.05) is 25.7 Å². The maximum atomic E-state index is 16.4. The molecule has 2 amide bonds. The molecule has 246 valence electrons. The number of piperazine rings is 1. The summed E-state index contributed by atoms with van der Waals surface area (Å²) in [6.45, 7) is 9.47. The van der Waals surface area contributed by atoms with Crippen LogP contribution in [0.4, 0.5) is 38.1 Å². The van der Waals surface area contributed by atoms with Crippen molar-refractivity contribution >= 4 is 37.0 Å². The number of carbonyl (C=O) groups is 2. The number of likely N-dealkylation sites (N-methyl/N-ethyl adjacent to an activating group) is 1. The number of benzene rings is 1. The van der Waals surface area contributed by atoms with Crippen LogP contribution >= 0.6 is 0 Å². The molecular formula is C30H38F5N5O4Si. The fourth-order valence-electron chi connectivity index (χ4n) is 5.18. The van der Waals surface area contributed by atoms with Crippen molar-refractivity contribution in [2.75, 3.05) is 56.6 Å². The topological polar surface area (TPSA) is 98.2 Å². The third-order valence-corrected chi connectivity index (χ3v) is 9.77. The molecule has 1 saturated heterocycles. The Hall–Kier alpha value is -3.72. The lowest BCUT2D eigenvalue weighted by molar-refractivity contribution is -0.138. The molecular weight excluding hydrogens is 617 g/mol. The van der Waals surface area contributed by atoms with Crippen LogP contribution < -0.4 is 15.0 Å². The molecule has 1 aromatic heterocycles. The fourth-order valence-corrected chi connectivity index (χ4v) is 5.89. The highest BCUT2D eigenvalue weighted by Gasteiger charge is 2.37. The van der Waals surface area contributed by atoms with E-state index in [0.717, 1.165) is 17.2 Å². The second-order valence-corrected chi connectivity index (χ2v) is 18.2. The van der Waals surface area contributed by atoms with Gasteiger partial charge in [0.05, 0.1) is 29.0 Å². The molecule has 0 unspecified atom stereocenters. The zero-order valence-corrected chi connectivity index (χ0v) is 26.9. The van der Waals surface area contributed by atoms with E-state index in [9.17, 15) is 27.9 Å². The molecule has 3 heterocycles. The van der Waals surface area contributed by atoms with Gasteiger partial charge in [-0.3, -0.25) is 4.79 Å². The van der Waals surface area contributed by atoms with Crippen molar-refractivity contribution in [1.29, 1.82) is 0 Å². The summed E-state index contributed by atoms with van der Waals surface area (Å²) in [5.41, 5.74) is -2.93. The van der Waals surface area contributed by atoms with Crippen molar-refractivity contribution in [3.63, 3.8) is 0 Å². The van der Waals surface area contributed by atoms with Gasteiger partial charge in [0.25, 0.3) is 5.91 Å². The van der Waals surface area contributed by atoms with Crippen LogP contribution in [0.15, 0.2) is 24.4 Å². The highest BCUT2D eigenvalue weighted by atomic mass is 28.3. The van der Waals surface area contributed by atoms with Gasteiger partial charge in [-0.05, 0) is 32.0 Å². The van der Waals surface area contributed by atoms with Gasteiger partial charge in [0.2, 0.25) is 5.88 Å². The molecule has 0 radical (unpaired) electrons. The van der Waals surface area contributed by atoms with E-state index in [0.29, 0.717) is 31.7 Å². The number of halogens is 5. The van der Waals surface area contributed by atoms with Crippen molar-refractivity contribution in [1.82, 2.24) is 14.8 Å². The van der Waals surface area contributed by atoms with E-state index in [-0.39, 0.29) is 49.3 Å². The van der Waals surface area contributed by atoms with Crippen molar-refractivity contribution in [3.8, 4) is 5.88 Å². The minimum Gasteiger partial charge on any atom is -0.478 e. The molecule has 4 rings (SSSR count). The number of rotatable bonds is 8. The van der Waals surface area contributed by atoms with E-state index in [4.69, 9.17) is 4.74 Å². The van der Waals surface area contributed by atoms with Gasteiger partial charge in [-0.2, -0.15) is 13.2 Å². The Balaban J connectivity index is 1.74. The minimum absolute atomic E-state index is 0.000275. The Morgan fingerprint density at radius 3 is 2.44 bits per heavy atom. The smallest absolute Gasteiger partial charge is 0.417 e. The quantitative estimate of drug-likeness (QED) is 0.256. The SMILES string of the molecule is C[C@@H]1CN(c2cc(F)c(C3=CCN(C(=O)O)CC3)c(F)c2NC(=O)c2cnc(OCC[Si](C)(C)C)cc2C(F)(F)F)CCN1C. The Morgan fingerprint density at radius 1 is 1.16 bits per heavy atom. The number of ether oxygens (including phenoxy) is 1. The predicted octanol–water partition coefficient (Wildman–Crippen LogP) is 6.26. The molecule has 0 spiro atoms. The Morgan fingerprint density at radius 2 is 1.87 bits per heavy atom. The summed E-state index contributed by atoms with van der Waals surface area (Å²) in [4.78, 5) is 33.5.